The molecule has 0 N–H and O–H groups in total. The molecule has 6 heavy (non-hydrogen) atoms. The minimum absolute atomic E-state index is 1.19. The molecule has 0 unspecified atom stereocenters. The highest BCUT2D eigenvalue weighted by molar-refractivity contribution is 8.01. The molecule has 0 saturated carbocycles. The third-order valence-corrected chi connectivity index (χ3v) is 1.93. The van der Waals surface area contributed by atoms with Crippen LogP contribution in [0.4, 0.5) is 0 Å². The summed E-state index contributed by atoms with van der Waals surface area (Å²) < 4.78 is 10.4. The largest absolute Gasteiger partial charge is 0.267 e. The van der Waals surface area contributed by atoms with Crippen LogP contribution in [0.15, 0.2) is 0 Å². The first-order valence-corrected chi connectivity index (χ1v) is 4.31. The highest BCUT2D eigenvalue weighted by Crippen LogP contribution is 1.74. The van der Waals surface area contributed by atoms with Crippen molar-refractivity contribution in [2.75, 3.05) is 12.5 Å². The summed E-state index contributed by atoms with van der Waals surface area (Å²) in [5.41, 5.74) is 0. The van der Waals surface area contributed by atoms with Crippen LogP contribution in [0.5, 0.6) is 0 Å². The summed E-state index contributed by atoms with van der Waals surface area (Å²) in [6.45, 7) is 0. The molecule has 1 nitrogen and oxygen atoms in total. The van der Waals surface area contributed by atoms with Crippen molar-refractivity contribution in [1.82, 2.24) is 0 Å². The van der Waals surface area contributed by atoms with Gasteiger partial charge in [0.1, 0.15) is 0 Å². The summed E-state index contributed by atoms with van der Waals surface area (Å²) in [5.74, 6) is 0. The number of halogens is 1. The van der Waals surface area contributed by atoms with Crippen LogP contribution >= 0.6 is 11.6 Å². The lowest BCUT2D eigenvalue weighted by Crippen LogP contribution is -1.90. The van der Waals surface area contributed by atoms with Crippen LogP contribution in [0.2, 0.25) is 0 Å². The topological polar surface area (TPSA) is 17.1 Å². The van der Waals surface area contributed by atoms with Gasteiger partial charge in [0.2, 0.25) is 0 Å². The van der Waals surface area contributed by atoms with E-state index in [1.807, 2.05) is 0 Å². The molecule has 0 aliphatic heterocycles. The molecule has 0 aliphatic rings. The molecular weight excluding hydrogens is 120 g/mol. The van der Waals surface area contributed by atoms with E-state index < -0.39 is 9.52 Å². The van der Waals surface area contributed by atoms with Crippen molar-refractivity contribution in [3.8, 4) is 0 Å². The first kappa shape index (κ1) is 6.31. The van der Waals surface area contributed by atoms with Crippen LogP contribution in [-0.2, 0) is 9.52 Å². The lowest BCUT2D eigenvalue weighted by atomic mass is 11.9. The summed E-state index contributed by atoms with van der Waals surface area (Å²) >= 11 is 5.08. The second kappa shape index (κ2) is 1.85. The van der Waals surface area contributed by atoms with E-state index in [2.05, 4.69) is 0 Å². The van der Waals surface area contributed by atoms with Gasteiger partial charge in [0, 0.05) is 12.5 Å². The second-order valence-electron chi connectivity index (χ2n) is 1.40. The Hall–Kier alpha value is 0.310. The monoisotopic (exact) mass is 126 g/mol. The fourth-order valence-electron chi connectivity index (χ4n) is 0. The maximum absolute atomic E-state index is 10.4. The van der Waals surface area contributed by atoms with E-state index in [1.165, 1.54) is 4.83 Å². The van der Waals surface area contributed by atoms with Gasteiger partial charge in [-0.2, -0.15) is 0 Å². The molecule has 0 heterocycles. The standard InChI is InChI=1S/C3H7ClOS/c1-6(2,5)3-4/h3H,1-2H3. The van der Waals surface area contributed by atoms with Gasteiger partial charge in [-0.25, -0.2) is 0 Å². The van der Waals surface area contributed by atoms with Gasteiger partial charge in [-0.1, -0.05) is 11.6 Å². The van der Waals surface area contributed by atoms with Crippen molar-refractivity contribution < 1.29 is 4.21 Å². The van der Waals surface area contributed by atoms with Gasteiger partial charge in [-0.05, 0) is 9.52 Å². The van der Waals surface area contributed by atoms with E-state index in [0.29, 0.717) is 0 Å². The predicted octanol–water partition coefficient (Wildman–Crippen LogP) is 0.529. The van der Waals surface area contributed by atoms with Crippen molar-refractivity contribution >= 4 is 25.9 Å². The minimum Gasteiger partial charge on any atom is -0.267 e. The SMILES string of the molecule is CS(C)(=O)=CCl. The molecule has 0 rings (SSSR count). The van der Waals surface area contributed by atoms with Crippen LogP contribution in [0.3, 0.4) is 0 Å². The Kier molecular flexibility index (Phi) is 1.94. The van der Waals surface area contributed by atoms with Crippen molar-refractivity contribution in [1.29, 1.82) is 0 Å². The van der Waals surface area contributed by atoms with Crippen molar-refractivity contribution in [3.63, 3.8) is 0 Å². The van der Waals surface area contributed by atoms with Crippen LogP contribution in [0, 0.1) is 0 Å². The number of hydrogen-bond acceptors (Lipinski definition) is 1. The molecule has 0 aromatic heterocycles. The summed E-state index contributed by atoms with van der Waals surface area (Å²) in [7, 11) is -1.77. The smallest absolute Gasteiger partial charge is 0.0563 e. The van der Waals surface area contributed by atoms with E-state index in [1.54, 1.807) is 12.5 Å². The molecule has 3 heteroatoms. The minimum atomic E-state index is -1.77. The van der Waals surface area contributed by atoms with Crippen LogP contribution < -0.4 is 0 Å². The summed E-state index contributed by atoms with van der Waals surface area (Å²) in [6.07, 6.45) is 3.17. The first-order valence-electron chi connectivity index (χ1n) is 1.44. The van der Waals surface area contributed by atoms with Gasteiger partial charge in [-0.15, -0.1) is 0 Å². The van der Waals surface area contributed by atoms with E-state index in [9.17, 15) is 4.21 Å². The lowest BCUT2D eigenvalue weighted by Gasteiger charge is -1.82. The Bertz CT molecular complexity index is 124. The predicted molar refractivity (Wildman–Crippen MR) is 31.9 cm³/mol. The van der Waals surface area contributed by atoms with Gasteiger partial charge >= 0.3 is 0 Å². The van der Waals surface area contributed by atoms with Crippen LogP contribution in [0.1, 0.15) is 0 Å². The van der Waals surface area contributed by atoms with Crippen molar-refractivity contribution in [2.24, 2.45) is 0 Å². The molecule has 0 spiro atoms. The van der Waals surface area contributed by atoms with Gasteiger partial charge in [0.15, 0.2) is 0 Å². The summed E-state index contributed by atoms with van der Waals surface area (Å²) in [4.78, 5) is 1.19. The van der Waals surface area contributed by atoms with E-state index in [-0.39, 0.29) is 0 Å². The average molecular weight is 127 g/mol. The summed E-state index contributed by atoms with van der Waals surface area (Å²) in [5, 5.41) is 0. The average Bonchev–Trinajstić information content (AvgIpc) is 1.35. The first-order chi connectivity index (χ1) is 2.56. The van der Waals surface area contributed by atoms with Gasteiger partial charge in [0.05, 0.1) is 4.83 Å². The van der Waals surface area contributed by atoms with Gasteiger partial charge in [-0.3, -0.25) is 4.21 Å². The fourth-order valence-corrected chi connectivity index (χ4v) is 0. The molecule has 0 aromatic carbocycles. The quantitative estimate of drug-likeness (QED) is 0.342. The normalized spacial score (nSPS) is 11.2. The Labute approximate surface area is 43.3 Å². The molecule has 0 saturated heterocycles. The Morgan fingerprint density at radius 3 is 1.83 bits per heavy atom. The summed E-state index contributed by atoms with van der Waals surface area (Å²) in [6, 6.07) is 0. The number of rotatable bonds is 0. The molecule has 0 atom stereocenters. The maximum Gasteiger partial charge on any atom is 0.0563 e. The van der Waals surface area contributed by atoms with Gasteiger partial charge in [0.25, 0.3) is 0 Å². The highest BCUT2D eigenvalue weighted by atomic mass is 35.5. The Morgan fingerprint density at radius 1 is 1.67 bits per heavy atom. The zero-order valence-electron chi connectivity index (χ0n) is 3.77. The van der Waals surface area contributed by atoms with E-state index in [0.717, 1.165) is 0 Å². The molecule has 0 fully saturated rings. The second-order valence-corrected chi connectivity index (χ2v) is 4.73. The fraction of sp³-hybridized carbons (Fsp3) is 0.667. The maximum atomic E-state index is 10.4. The van der Waals surface area contributed by atoms with Crippen molar-refractivity contribution in [3.05, 3.63) is 0 Å². The zero-order chi connectivity index (χ0) is 5.21. The molecule has 38 valence electrons. The highest BCUT2D eigenvalue weighted by Gasteiger charge is 1.78. The molecule has 0 amide bonds. The molecule has 0 aliphatic carbocycles. The van der Waals surface area contributed by atoms with Gasteiger partial charge < -0.3 is 0 Å². The van der Waals surface area contributed by atoms with E-state index >= 15 is 0 Å². The Balaban J connectivity index is 4.24. The Morgan fingerprint density at radius 2 is 1.83 bits per heavy atom. The van der Waals surface area contributed by atoms with Crippen molar-refractivity contribution in [2.45, 2.75) is 0 Å². The molecule has 0 radical (unpaired) electrons. The van der Waals surface area contributed by atoms with E-state index in [4.69, 9.17) is 11.6 Å². The molecule has 0 bridgehead atoms. The third kappa shape index (κ3) is 4.31. The lowest BCUT2D eigenvalue weighted by molar-refractivity contribution is 0.688. The van der Waals surface area contributed by atoms with Crippen LogP contribution in [-0.4, -0.2) is 21.5 Å². The zero-order valence-corrected chi connectivity index (χ0v) is 5.34. The van der Waals surface area contributed by atoms with Crippen LogP contribution in [0.25, 0.3) is 0 Å². The molecule has 0 aromatic rings. The molecular formula is C3H7ClOS. The third-order valence-electron chi connectivity index (χ3n) is 0.215. The number of hydrogen-bond donors (Lipinski definition) is 0.